The zero-order valence-electron chi connectivity index (χ0n) is 15.4. The van der Waals surface area contributed by atoms with Gasteiger partial charge in [0.2, 0.25) is 11.8 Å². The first-order valence-corrected chi connectivity index (χ1v) is 9.69. The number of primary amides is 1. The summed E-state index contributed by atoms with van der Waals surface area (Å²) >= 11 is 0. The molecule has 1 aromatic heterocycles. The number of aryl methyl sites for hydroxylation is 1. The Balaban J connectivity index is 1.53. The molecule has 7 heteroatoms. The van der Waals surface area contributed by atoms with Gasteiger partial charge in [-0.3, -0.25) is 9.59 Å². The number of hydrogen-bond donors (Lipinski definition) is 1. The largest absolute Gasteiger partial charge is 0.369 e. The number of carbonyl (C=O) groups is 2. The van der Waals surface area contributed by atoms with Crippen molar-refractivity contribution < 1.29 is 9.59 Å². The van der Waals surface area contributed by atoms with Gasteiger partial charge in [-0.25, -0.2) is 9.97 Å². The van der Waals surface area contributed by atoms with Gasteiger partial charge in [0.15, 0.2) is 0 Å². The van der Waals surface area contributed by atoms with Gasteiger partial charge in [0.25, 0.3) is 0 Å². The Morgan fingerprint density at radius 3 is 2.54 bits per heavy atom. The fraction of sp³-hybridized carbons (Fsp3) is 0.684. The number of amides is 2. The lowest BCUT2D eigenvalue weighted by Crippen LogP contribution is -2.47. The molecule has 2 aliphatic heterocycles. The summed E-state index contributed by atoms with van der Waals surface area (Å²) < 4.78 is 0. The molecule has 2 N–H and O–H groups in total. The second-order valence-corrected chi connectivity index (χ2v) is 7.93. The van der Waals surface area contributed by atoms with Crippen LogP contribution in [0.25, 0.3) is 0 Å². The van der Waals surface area contributed by atoms with Gasteiger partial charge in [0, 0.05) is 38.2 Å². The first-order valence-electron chi connectivity index (χ1n) is 9.69. The van der Waals surface area contributed by atoms with Crippen LogP contribution in [0.5, 0.6) is 0 Å². The summed E-state index contributed by atoms with van der Waals surface area (Å²) in [7, 11) is 0. The number of aromatic nitrogens is 2. The van der Waals surface area contributed by atoms with Gasteiger partial charge in [-0.15, -0.1) is 0 Å². The molecule has 3 fully saturated rings. The van der Waals surface area contributed by atoms with Crippen molar-refractivity contribution in [2.75, 3.05) is 31.1 Å². The molecule has 7 nitrogen and oxygen atoms in total. The molecule has 2 saturated heterocycles. The summed E-state index contributed by atoms with van der Waals surface area (Å²) in [5.74, 6) is 1.42. The molecule has 0 aromatic carbocycles. The van der Waals surface area contributed by atoms with Gasteiger partial charge in [0.1, 0.15) is 17.1 Å². The molecule has 1 atom stereocenters. The molecule has 0 unspecified atom stereocenters. The molecule has 26 heavy (non-hydrogen) atoms. The van der Waals surface area contributed by atoms with Crippen LogP contribution in [0.4, 0.5) is 5.82 Å². The first kappa shape index (κ1) is 17.2. The van der Waals surface area contributed by atoms with E-state index in [1.165, 1.54) is 12.8 Å². The van der Waals surface area contributed by atoms with E-state index >= 15 is 0 Å². The average Bonchev–Trinajstić information content (AvgIpc) is 3.28. The minimum absolute atomic E-state index is 0.0831. The second-order valence-electron chi connectivity index (χ2n) is 7.93. The maximum absolute atomic E-state index is 12.8. The van der Waals surface area contributed by atoms with Crippen LogP contribution in [0, 0.1) is 12.3 Å². The summed E-state index contributed by atoms with van der Waals surface area (Å²) in [5, 5.41) is 0. The van der Waals surface area contributed by atoms with Crippen molar-refractivity contribution >= 4 is 17.6 Å². The summed E-state index contributed by atoms with van der Waals surface area (Å²) in [6.07, 6.45) is 5.53. The standard InChI is InChI=1S/C19H27N5O2/c1-13-21-15(11-16(22-13)23-8-2-3-9-23)14-5-4-10-24(12-14)18(26)19(6-7-19)17(20)25/h11,14H,2-10,12H2,1H3,(H2,20,25)/t14-/m1/s1. The number of carbonyl (C=O) groups excluding carboxylic acids is 2. The van der Waals surface area contributed by atoms with Crippen molar-refractivity contribution in [1.29, 1.82) is 0 Å². The molecule has 0 spiro atoms. The minimum atomic E-state index is -0.926. The molecule has 1 saturated carbocycles. The highest BCUT2D eigenvalue weighted by atomic mass is 16.2. The van der Waals surface area contributed by atoms with Crippen molar-refractivity contribution in [2.45, 2.75) is 51.4 Å². The Labute approximate surface area is 154 Å². The van der Waals surface area contributed by atoms with Gasteiger partial charge in [-0.2, -0.15) is 0 Å². The van der Waals surface area contributed by atoms with Crippen LogP contribution < -0.4 is 10.6 Å². The van der Waals surface area contributed by atoms with Gasteiger partial charge in [-0.1, -0.05) is 0 Å². The van der Waals surface area contributed by atoms with E-state index in [9.17, 15) is 9.59 Å². The van der Waals surface area contributed by atoms with Gasteiger partial charge in [0.05, 0.1) is 5.69 Å². The fourth-order valence-electron chi connectivity index (χ4n) is 4.29. The molecule has 4 rings (SSSR count). The maximum atomic E-state index is 12.8. The summed E-state index contributed by atoms with van der Waals surface area (Å²) in [6, 6.07) is 2.10. The quantitative estimate of drug-likeness (QED) is 0.821. The normalized spacial score (nSPS) is 24.6. The van der Waals surface area contributed by atoms with E-state index in [-0.39, 0.29) is 11.8 Å². The van der Waals surface area contributed by atoms with E-state index in [0.717, 1.165) is 43.3 Å². The SMILES string of the molecule is Cc1nc([C@@H]2CCCN(C(=O)C3(C(N)=O)CC3)C2)cc(N2CCCC2)n1. The van der Waals surface area contributed by atoms with Crippen LogP contribution in [0.1, 0.15) is 56.0 Å². The number of rotatable bonds is 4. The molecule has 140 valence electrons. The number of likely N-dealkylation sites (tertiary alicyclic amines) is 1. The fourth-order valence-corrected chi connectivity index (χ4v) is 4.29. The molecule has 3 heterocycles. The highest BCUT2D eigenvalue weighted by molar-refractivity contribution is 6.07. The van der Waals surface area contributed by atoms with Gasteiger partial charge >= 0.3 is 0 Å². The molecule has 2 amide bonds. The molecule has 0 radical (unpaired) electrons. The highest BCUT2D eigenvalue weighted by Gasteiger charge is 2.57. The Morgan fingerprint density at radius 2 is 1.88 bits per heavy atom. The molecule has 1 aromatic rings. The number of nitrogens with zero attached hydrogens (tertiary/aromatic N) is 4. The number of piperidine rings is 1. The third-order valence-corrected chi connectivity index (χ3v) is 6.03. The van der Waals surface area contributed by atoms with E-state index in [1.54, 1.807) is 0 Å². The van der Waals surface area contributed by atoms with Gasteiger partial charge < -0.3 is 15.5 Å². The lowest BCUT2D eigenvalue weighted by Gasteiger charge is -2.34. The predicted octanol–water partition coefficient (Wildman–Crippen LogP) is 1.36. The van der Waals surface area contributed by atoms with Crippen LogP contribution in [-0.2, 0) is 9.59 Å². The minimum Gasteiger partial charge on any atom is -0.369 e. The third-order valence-electron chi connectivity index (χ3n) is 6.03. The van der Waals surface area contributed by atoms with Crippen molar-refractivity contribution in [3.05, 3.63) is 17.6 Å². The van der Waals surface area contributed by atoms with Crippen molar-refractivity contribution in [3.8, 4) is 0 Å². The average molecular weight is 357 g/mol. The second kappa shape index (κ2) is 6.52. The molecular formula is C19H27N5O2. The Morgan fingerprint density at radius 1 is 1.15 bits per heavy atom. The molecule has 0 bridgehead atoms. The number of anilines is 1. The van der Waals surface area contributed by atoms with Crippen LogP contribution >= 0.6 is 0 Å². The van der Waals surface area contributed by atoms with Crippen molar-refractivity contribution in [2.24, 2.45) is 11.1 Å². The Bertz CT molecular complexity index is 725. The zero-order chi connectivity index (χ0) is 18.3. The topological polar surface area (TPSA) is 92.4 Å². The smallest absolute Gasteiger partial charge is 0.238 e. The van der Waals surface area contributed by atoms with E-state index in [0.29, 0.717) is 25.9 Å². The maximum Gasteiger partial charge on any atom is 0.238 e. The first-order chi connectivity index (χ1) is 12.5. The molecule has 1 aliphatic carbocycles. The molecule has 3 aliphatic rings. The number of nitrogens with two attached hydrogens (primary N) is 1. The zero-order valence-corrected chi connectivity index (χ0v) is 15.4. The van der Waals surface area contributed by atoms with Crippen molar-refractivity contribution in [3.63, 3.8) is 0 Å². The summed E-state index contributed by atoms with van der Waals surface area (Å²) in [5.41, 5.74) is 5.57. The molecular weight excluding hydrogens is 330 g/mol. The Hall–Kier alpha value is -2.18. The van der Waals surface area contributed by atoms with Crippen LogP contribution in [0.2, 0.25) is 0 Å². The summed E-state index contributed by atoms with van der Waals surface area (Å²) in [6.45, 7) is 5.34. The van der Waals surface area contributed by atoms with E-state index < -0.39 is 11.3 Å². The monoisotopic (exact) mass is 357 g/mol. The number of hydrogen-bond acceptors (Lipinski definition) is 5. The van der Waals surface area contributed by atoms with Crippen LogP contribution in [-0.4, -0.2) is 52.9 Å². The lowest BCUT2D eigenvalue weighted by atomic mass is 9.92. The van der Waals surface area contributed by atoms with Crippen LogP contribution in [0.15, 0.2) is 6.07 Å². The Kier molecular flexibility index (Phi) is 4.32. The lowest BCUT2D eigenvalue weighted by molar-refractivity contribution is -0.143. The summed E-state index contributed by atoms with van der Waals surface area (Å²) in [4.78, 5) is 38.0. The third kappa shape index (κ3) is 3.04. The predicted molar refractivity (Wildman–Crippen MR) is 97.6 cm³/mol. The van der Waals surface area contributed by atoms with Crippen molar-refractivity contribution in [1.82, 2.24) is 14.9 Å². The highest BCUT2D eigenvalue weighted by Crippen LogP contribution is 2.47. The van der Waals surface area contributed by atoms with Gasteiger partial charge in [-0.05, 0) is 45.4 Å². The van der Waals surface area contributed by atoms with E-state index in [1.807, 2.05) is 11.8 Å². The van der Waals surface area contributed by atoms with E-state index in [4.69, 9.17) is 5.73 Å². The van der Waals surface area contributed by atoms with Crippen LogP contribution in [0.3, 0.4) is 0 Å². The van der Waals surface area contributed by atoms with E-state index in [2.05, 4.69) is 20.9 Å².